The van der Waals surface area contributed by atoms with Crippen molar-refractivity contribution in [3.63, 3.8) is 0 Å². The summed E-state index contributed by atoms with van der Waals surface area (Å²) < 4.78 is 11.9. The summed E-state index contributed by atoms with van der Waals surface area (Å²) in [5, 5.41) is 5.81. The molecule has 7 rings (SSSR count). The van der Waals surface area contributed by atoms with Gasteiger partial charge in [-0.1, -0.05) is 77.4 Å². The lowest BCUT2D eigenvalue weighted by molar-refractivity contribution is 0.0746. The van der Waals surface area contributed by atoms with Gasteiger partial charge in [0.1, 0.15) is 34.2 Å². The Bertz CT molecular complexity index is 1900. The number of rotatable bonds is 7. The molecule has 0 bridgehead atoms. The molecule has 0 radical (unpaired) electrons. The second-order valence-corrected chi connectivity index (χ2v) is 11.0. The highest BCUT2D eigenvalue weighted by molar-refractivity contribution is 6.30. The first kappa shape index (κ1) is 27.6. The molecule has 9 heteroatoms. The van der Waals surface area contributed by atoms with Crippen LogP contribution in [0.3, 0.4) is 0 Å². The lowest BCUT2D eigenvalue weighted by atomic mass is 10.1. The Kier molecular flexibility index (Phi) is 7.65. The Morgan fingerprint density at radius 3 is 2.25 bits per heavy atom. The van der Waals surface area contributed by atoms with E-state index in [1.165, 1.54) is 0 Å². The van der Waals surface area contributed by atoms with Gasteiger partial charge in [-0.05, 0) is 54.1 Å². The molecular formula is C35H28ClN5O3. The summed E-state index contributed by atoms with van der Waals surface area (Å²) in [6, 6.07) is 34.5. The van der Waals surface area contributed by atoms with Gasteiger partial charge in [0.25, 0.3) is 11.6 Å². The molecule has 1 saturated heterocycles. The summed E-state index contributed by atoms with van der Waals surface area (Å²) in [6.07, 6.45) is 0.551. The highest BCUT2D eigenvalue weighted by Gasteiger charge is 2.28. The minimum atomic E-state index is -0.0141. The molecule has 0 atom stereocenters. The maximum absolute atomic E-state index is 13.2. The third-order valence-corrected chi connectivity index (χ3v) is 7.86. The number of aromatic nitrogens is 3. The van der Waals surface area contributed by atoms with E-state index in [1.807, 2.05) is 77.7 Å². The number of nitrogens with zero attached hydrogens (tertiary/aromatic N) is 5. The van der Waals surface area contributed by atoms with Crippen molar-refractivity contribution in [3.05, 3.63) is 131 Å². The number of carbonyl (C=O) groups is 1. The molecule has 6 aromatic rings. The quantitative estimate of drug-likeness (QED) is 0.190. The zero-order valence-corrected chi connectivity index (χ0v) is 24.5. The zero-order valence-electron chi connectivity index (χ0n) is 23.8. The van der Waals surface area contributed by atoms with E-state index in [0.717, 1.165) is 28.1 Å². The number of ether oxygens (including phenoxy) is 1. The van der Waals surface area contributed by atoms with Crippen LogP contribution >= 0.6 is 11.6 Å². The first-order valence-corrected chi connectivity index (χ1v) is 14.8. The number of hydrogen-bond acceptors (Lipinski definition) is 7. The summed E-state index contributed by atoms with van der Waals surface area (Å²) in [4.78, 5) is 27.1. The molecule has 4 aromatic carbocycles. The molecule has 1 aliphatic rings. The second kappa shape index (κ2) is 12.2. The normalized spacial score (nSPS) is 13.3. The summed E-state index contributed by atoms with van der Waals surface area (Å²) >= 11 is 6.03. The molecule has 0 saturated carbocycles. The predicted octanol–water partition coefficient (Wildman–Crippen LogP) is 7.28. The van der Waals surface area contributed by atoms with Gasteiger partial charge in [-0.15, -0.1) is 0 Å². The molecule has 3 heterocycles. The van der Waals surface area contributed by atoms with Gasteiger partial charge in [-0.3, -0.25) is 4.79 Å². The van der Waals surface area contributed by atoms with Crippen LogP contribution in [-0.2, 0) is 6.42 Å². The number of para-hydroxylation sites is 1. The molecule has 44 heavy (non-hydrogen) atoms. The Labute approximate surface area is 259 Å². The van der Waals surface area contributed by atoms with Gasteiger partial charge in [0.2, 0.25) is 0 Å². The average Bonchev–Trinajstić information content (AvgIpc) is 3.50. The molecule has 1 aliphatic heterocycles. The fourth-order valence-corrected chi connectivity index (χ4v) is 5.52. The maximum Gasteiger partial charge on any atom is 0.263 e. The van der Waals surface area contributed by atoms with Crippen molar-refractivity contribution in [2.24, 2.45) is 0 Å². The molecule has 1 amide bonds. The zero-order chi connectivity index (χ0) is 29.9. The van der Waals surface area contributed by atoms with Crippen molar-refractivity contribution in [2.75, 3.05) is 31.1 Å². The van der Waals surface area contributed by atoms with E-state index in [1.54, 1.807) is 24.3 Å². The largest absolute Gasteiger partial charge is 0.457 e. The Balaban J connectivity index is 1.22. The van der Waals surface area contributed by atoms with Crippen LogP contribution in [0.5, 0.6) is 11.5 Å². The lowest BCUT2D eigenvalue weighted by Gasteiger charge is -2.35. The predicted molar refractivity (Wildman–Crippen MR) is 170 cm³/mol. The van der Waals surface area contributed by atoms with E-state index in [0.29, 0.717) is 66.2 Å². The van der Waals surface area contributed by atoms with Crippen molar-refractivity contribution < 1.29 is 14.1 Å². The van der Waals surface area contributed by atoms with E-state index in [9.17, 15) is 4.79 Å². The number of carbonyl (C=O) groups excluding carboxylic acids is 1. The highest BCUT2D eigenvalue weighted by atomic mass is 35.5. The topological polar surface area (TPSA) is 84.6 Å². The van der Waals surface area contributed by atoms with Crippen molar-refractivity contribution in [1.82, 2.24) is 20.0 Å². The van der Waals surface area contributed by atoms with Crippen LogP contribution in [-0.4, -0.2) is 52.1 Å². The third-order valence-electron chi connectivity index (χ3n) is 7.61. The van der Waals surface area contributed by atoms with Gasteiger partial charge in [0.05, 0.1) is 0 Å². The fraction of sp³-hybridized carbons (Fsp3) is 0.143. The third kappa shape index (κ3) is 5.85. The van der Waals surface area contributed by atoms with E-state index in [4.69, 9.17) is 30.8 Å². The van der Waals surface area contributed by atoms with Crippen LogP contribution in [0.15, 0.2) is 114 Å². The molecule has 0 N–H and O–H groups in total. The van der Waals surface area contributed by atoms with Gasteiger partial charge >= 0.3 is 0 Å². The Hall–Kier alpha value is -5.21. The second-order valence-electron chi connectivity index (χ2n) is 10.6. The fourth-order valence-electron chi connectivity index (χ4n) is 5.39. The number of anilines is 1. The highest BCUT2D eigenvalue weighted by Crippen LogP contribution is 2.36. The number of fused-ring (bicyclic) bond motifs is 1. The first-order valence-electron chi connectivity index (χ1n) is 14.4. The first-order chi connectivity index (χ1) is 21.6. The maximum atomic E-state index is 13.2. The van der Waals surface area contributed by atoms with Crippen molar-refractivity contribution >= 4 is 34.4 Å². The van der Waals surface area contributed by atoms with Gasteiger partial charge < -0.3 is 19.1 Å². The summed E-state index contributed by atoms with van der Waals surface area (Å²) in [5.74, 6) is 2.80. The molecule has 2 aromatic heterocycles. The standard InChI is InChI=1S/C35H28ClN5O3/c36-27-16-14-25(15-17-27)35(42)41-20-18-40(19-21-41)33-31-32(26-10-7-13-29(23-26)43-28-11-5-2-6-12-28)39-44-34(31)38-30(37-33)22-24-8-3-1-4-9-24/h1-17,23H,18-22H2. The van der Waals surface area contributed by atoms with Crippen molar-refractivity contribution in [3.8, 4) is 22.8 Å². The van der Waals surface area contributed by atoms with Crippen LogP contribution in [0.4, 0.5) is 5.82 Å². The van der Waals surface area contributed by atoms with Crippen LogP contribution in [0.1, 0.15) is 21.7 Å². The van der Waals surface area contributed by atoms with Crippen LogP contribution in [0.25, 0.3) is 22.4 Å². The van der Waals surface area contributed by atoms with E-state index < -0.39 is 0 Å². The van der Waals surface area contributed by atoms with E-state index >= 15 is 0 Å². The van der Waals surface area contributed by atoms with Crippen LogP contribution in [0, 0.1) is 0 Å². The monoisotopic (exact) mass is 601 g/mol. The van der Waals surface area contributed by atoms with Crippen LogP contribution < -0.4 is 9.64 Å². The SMILES string of the molecule is O=C(c1ccc(Cl)cc1)N1CCN(c2nc(Cc3ccccc3)nc3onc(-c4cccc(Oc5ccccc5)c4)c23)CC1. The lowest BCUT2D eigenvalue weighted by Crippen LogP contribution is -2.49. The van der Waals surface area contributed by atoms with Crippen molar-refractivity contribution in [2.45, 2.75) is 6.42 Å². The Morgan fingerprint density at radius 1 is 0.795 bits per heavy atom. The smallest absolute Gasteiger partial charge is 0.263 e. The number of halogens is 1. The molecule has 8 nitrogen and oxygen atoms in total. The average molecular weight is 602 g/mol. The van der Waals surface area contributed by atoms with Crippen LogP contribution in [0.2, 0.25) is 5.02 Å². The van der Waals surface area contributed by atoms with E-state index in [2.05, 4.69) is 22.2 Å². The molecule has 0 spiro atoms. The summed E-state index contributed by atoms with van der Waals surface area (Å²) in [7, 11) is 0. The summed E-state index contributed by atoms with van der Waals surface area (Å²) in [6.45, 7) is 2.28. The number of piperazine rings is 1. The minimum Gasteiger partial charge on any atom is -0.457 e. The van der Waals surface area contributed by atoms with Gasteiger partial charge in [-0.2, -0.15) is 4.98 Å². The number of amides is 1. The molecule has 0 aliphatic carbocycles. The van der Waals surface area contributed by atoms with Crippen molar-refractivity contribution in [1.29, 1.82) is 0 Å². The van der Waals surface area contributed by atoms with Gasteiger partial charge in [0.15, 0.2) is 0 Å². The minimum absolute atomic E-state index is 0.0141. The molecule has 0 unspecified atom stereocenters. The van der Waals surface area contributed by atoms with Gasteiger partial charge in [-0.25, -0.2) is 4.98 Å². The summed E-state index contributed by atoms with van der Waals surface area (Å²) in [5.41, 5.74) is 3.61. The molecular weight excluding hydrogens is 574 g/mol. The van der Waals surface area contributed by atoms with E-state index in [-0.39, 0.29) is 5.91 Å². The Morgan fingerprint density at radius 2 is 1.50 bits per heavy atom. The number of benzene rings is 4. The molecule has 1 fully saturated rings. The number of hydrogen-bond donors (Lipinski definition) is 0. The van der Waals surface area contributed by atoms with Gasteiger partial charge in [0, 0.05) is 48.7 Å². The molecule has 218 valence electrons.